The van der Waals surface area contributed by atoms with Crippen molar-refractivity contribution in [3.05, 3.63) is 0 Å². The van der Waals surface area contributed by atoms with Crippen LogP contribution in [0.25, 0.3) is 0 Å². The molecule has 1 aliphatic heterocycles. The number of hydrogen-bond donors (Lipinski definition) is 1. The first-order valence-electron chi connectivity index (χ1n) is 6.17. The number of carbonyl (C=O) groups excluding carboxylic acids is 2. The topological polar surface area (TPSA) is 67.9 Å². The average Bonchev–Trinajstić information content (AvgIpc) is 2.37. The van der Waals surface area contributed by atoms with E-state index >= 15 is 0 Å². The van der Waals surface area contributed by atoms with Gasteiger partial charge in [-0.3, -0.25) is 9.59 Å². The first kappa shape index (κ1) is 14.9. The van der Waals surface area contributed by atoms with Gasteiger partial charge in [0.05, 0.1) is 12.7 Å². The molecule has 0 saturated carbocycles. The van der Waals surface area contributed by atoms with Crippen molar-refractivity contribution in [1.82, 2.24) is 10.2 Å². The van der Waals surface area contributed by atoms with Gasteiger partial charge >= 0.3 is 0 Å². The Balaban J connectivity index is 2.75. The molecule has 3 unspecified atom stereocenters. The lowest BCUT2D eigenvalue weighted by Crippen LogP contribution is -2.63. The van der Waals surface area contributed by atoms with Crippen LogP contribution >= 0.6 is 0 Å². The molecule has 2 amide bonds. The van der Waals surface area contributed by atoms with Gasteiger partial charge in [0, 0.05) is 20.8 Å². The van der Waals surface area contributed by atoms with E-state index in [1.807, 2.05) is 6.92 Å². The number of methoxy groups -OCH3 is 2. The van der Waals surface area contributed by atoms with Gasteiger partial charge in [-0.2, -0.15) is 0 Å². The molecule has 0 aromatic heterocycles. The van der Waals surface area contributed by atoms with Crippen LogP contribution in [0.2, 0.25) is 0 Å². The van der Waals surface area contributed by atoms with Crippen molar-refractivity contribution < 1.29 is 19.1 Å². The number of piperazine rings is 1. The van der Waals surface area contributed by atoms with Crippen LogP contribution in [0.5, 0.6) is 0 Å². The molecule has 104 valence electrons. The number of ether oxygens (including phenoxy) is 2. The van der Waals surface area contributed by atoms with E-state index in [1.165, 1.54) is 0 Å². The van der Waals surface area contributed by atoms with E-state index < -0.39 is 12.1 Å². The quantitative estimate of drug-likeness (QED) is 0.715. The van der Waals surface area contributed by atoms with Crippen LogP contribution < -0.4 is 5.32 Å². The van der Waals surface area contributed by atoms with Gasteiger partial charge in [0.15, 0.2) is 0 Å². The summed E-state index contributed by atoms with van der Waals surface area (Å²) >= 11 is 0. The van der Waals surface area contributed by atoms with Crippen LogP contribution in [0.4, 0.5) is 0 Å². The Morgan fingerprint density at radius 1 is 1.39 bits per heavy atom. The van der Waals surface area contributed by atoms with Gasteiger partial charge in [-0.15, -0.1) is 0 Å². The van der Waals surface area contributed by atoms with Gasteiger partial charge < -0.3 is 19.7 Å². The van der Waals surface area contributed by atoms with Crippen molar-refractivity contribution in [3.8, 4) is 0 Å². The number of nitrogens with zero attached hydrogens (tertiary/aromatic N) is 1. The van der Waals surface area contributed by atoms with Gasteiger partial charge in [-0.25, -0.2) is 0 Å². The predicted octanol–water partition coefficient (Wildman–Crippen LogP) is -0.227. The summed E-state index contributed by atoms with van der Waals surface area (Å²) in [5.74, 6) is -0.170. The normalized spacial score (nSPS) is 26.1. The van der Waals surface area contributed by atoms with Crippen molar-refractivity contribution in [2.75, 3.05) is 27.4 Å². The van der Waals surface area contributed by atoms with E-state index in [-0.39, 0.29) is 17.9 Å². The third-order valence-electron chi connectivity index (χ3n) is 3.24. The Morgan fingerprint density at radius 3 is 2.56 bits per heavy atom. The van der Waals surface area contributed by atoms with Gasteiger partial charge in [-0.05, 0) is 13.3 Å². The van der Waals surface area contributed by atoms with Crippen molar-refractivity contribution in [2.45, 2.75) is 38.5 Å². The number of amides is 2. The molecule has 1 fully saturated rings. The zero-order valence-electron chi connectivity index (χ0n) is 11.4. The van der Waals surface area contributed by atoms with Crippen molar-refractivity contribution in [3.63, 3.8) is 0 Å². The Labute approximate surface area is 108 Å². The molecule has 0 aromatic rings. The van der Waals surface area contributed by atoms with Gasteiger partial charge in [0.1, 0.15) is 12.1 Å². The summed E-state index contributed by atoms with van der Waals surface area (Å²) in [4.78, 5) is 25.5. The Morgan fingerprint density at radius 2 is 2.06 bits per heavy atom. The maximum atomic E-state index is 12.2. The monoisotopic (exact) mass is 258 g/mol. The number of hydrogen-bond acceptors (Lipinski definition) is 4. The van der Waals surface area contributed by atoms with E-state index in [0.29, 0.717) is 19.6 Å². The first-order valence-corrected chi connectivity index (χ1v) is 6.17. The van der Waals surface area contributed by atoms with Gasteiger partial charge in [-0.1, -0.05) is 6.92 Å². The van der Waals surface area contributed by atoms with Gasteiger partial charge in [0.25, 0.3) is 0 Å². The van der Waals surface area contributed by atoms with Crippen LogP contribution in [0.1, 0.15) is 20.3 Å². The summed E-state index contributed by atoms with van der Waals surface area (Å²) in [6, 6.07) is -0.886. The molecule has 3 atom stereocenters. The van der Waals surface area contributed by atoms with E-state index in [4.69, 9.17) is 9.47 Å². The lowest BCUT2D eigenvalue weighted by Gasteiger charge is -2.38. The largest absolute Gasteiger partial charge is 0.382 e. The third kappa shape index (κ3) is 3.20. The molecular formula is C12H22N2O4. The second kappa shape index (κ2) is 6.70. The predicted molar refractivity (Wildman–Crippen MR) is 66.1 cm³/mol. The highest BCUT2D eigenvalue weighted by molar-refractivity contribution is 5.96. The van der Waals surface area contributed by atoms with E-state index in [2.05, 4.69) is 5.32 Å². The molecule has 1 heterocycles. The zero-order valence-corrected chi connectivity index (χ0v) is 11.4. The highest BCUT2D eigenvalue weighted by Crippen LogP contribution is 2.13. The number of carbonyl (C=O) groups is 2. The maximum absolute atomic E-state index is 12.2. The summed E-state index contributed by atoms with van der Waals surface area (Å²) in [7, 11) is 3.15. The molecule has 18 heavy (non-hydrogen) atoms. The van der Waals surface area contributed by atoms with E-state index in [9.17, 15) is 9.59 Å². The average molecular weight is 258 g/mol. The highest BCUT2D eigenvalue weighted by Gasteiger charge is 2.37. The van der Waals surface area contributed by atoms with Crippen LogP contribution in [0, 0.1) is 0 Å². The lowest BCUT2D eigenvalue weighted by molar-refractivity contribution is -0.151. The fourth-order valence-electron chi connectivity index (χ4n) is 2.01. The molecule has 0 spiro atoms. The second-order valence-corrected chi connectivity index (χ2v) is 4.45. The number of rotatable bonds is 6. The smallest absolute Gasteiger partial charge is 0.245 e. The molecule has 0 aromatic carbocycles. The summed E-state index contributed by atoms with van der Waals surface area (Å²) in [6.45, 7) is 4.36. The zero-order chi connectivity index (χ0) is 13.7. The molecule has 1 N–H and O–H groups in total. The maximum Gasteiger partial charge on any atom is 0.245 e. The fourth-order valence-corrected chi connectivity index (χ4v) is 2.01. The van der Waals surface area contributed by atoms with Crippen LogP contribution in [-0.2, 0) is 19.1 Å². The SMILES string of the molecule is CCC1NC(=O)C(C)N(CC(COC)OC)C1=O. The van der Waals surface area contributed by atoms with Crippen LogP contribution in [-0.4, -0.2) is 62.3 Å². The van der Waals surface area contributed by atoms with E-state index in [1.54, 1.807) is 26.0 Å². The molecule has 1 aliphatic rings. The fraction of sp³-hybridized carbons (Fsp3) is 0.833. The number of nitrogens with one attached hydrogen (secondary N) is 1. The third-order valence-corrected chi connectivity index (χ3v) is 3.24. The summed E-state index contributed by atoms with van der Waals surface area (Å²) in [5.41, 5.74) is 0. The molecule has 1 saturated heterocycles. The van der Waals surface area contributed by atoms with Crippen LogP contribution in [0.15, 0.2) is 0 Å². The first-order chi connectivity index (χ1) is 8.54. The molecule has 0 radical (unpaired) electrons. The minimum Gasteiger partial charge on any atom is -0.382 e. The van der Waals surface area contributed by atoms with Gasteiger partial charge in [0.2, 0.25) is 11.8 Å². The summed E-state index contributed by atoms with van der Waals surface area (Å²) in [6.07, 6.45) is 0.375. The lowest BCUT2D eigenvalue weighted by atomic mass is 10.1. The Bertz CT molecular complexity index is 308. The molecule has 6 heteroatoms. The molecule has 6 nitrogen and oxygen atoms in total. The Kier molecular flexibility index (Phi) is 5.55. The van der Waals surface area contributed by atoms with Crippen molar-refractivity contribution in [2.24, 2.45) is 0 Å². The minimum atomic E-state index is -0.463. The van der Waals surface area contributed by atoms with Crippen molar-refractivity contribution >= 4 is 11.8 Å². The second-order valence-electron chi connectivity index (χ2n) is 4.45. The van der Waals surface area contributed by atoms with Crippen molar-refractivity contribution in [1.29, 1.82) is 0 Å². The Hall–Kier alpha value is -1.14. The minimum absolute atomic E-state index is 0.0530. The van der Waals surface area contributed by atoms with Crippen LogP contribution in [0.3, 0.4) is 0 Å². The molecule has 0 bridgehead atoms. The molecular weight excluding hydrogens is 236 g/mol. The highest BCUT2D eigenvalue weighted by atomic mass is 16.5. The molecule has 0 aliphatic carbocycles. The summed E-state index contributed by atoms with van der Waals surface area (Å²) in [5, 5.41) is 2.72. The standard InChI is InChI=1S/C12H22N2O4/c1-5-10-12(16)14(8(2)11(15)13-10)6-9(18-4)7-17-3/h8-10H,5-7H2,1-4H3,(H,13,15). The van der Waals surface area contributed by atoms with E-state index in [0.717, 1.165) is 0 Å². The molecule has 1 rings (SSSR count). The summed E-state index contributed by atoms with van der Waals surface area (Å²) < 4.78 is 10.3.